The molecule has 0 bridgehead atoms. The molecule has 0 unspecified atom stereocenters. The van der Waals surface area contributed by atoms with Crippen molar-refractivity contribution in [3.63, 3.8) is 0 Å². The van der Waals surface area contributed by atoms with Gasteiger partial charge in [-0.05, 0) is 50.3 Å². The zero-order valence-electron chi connectivity index (χ0n) is 14.5. The standard InChI is InChI=1S/C19H28N2O/c1-6-7-16-12-15(3)19(22-5)13-18(16)20-21(4)17-10-8-14(2)9-11-17/h8,10,12-13,20H,6-7,9,11H2,1-5H3. The molecular weight excluding hydrogens is 272 g/mol. The third kappa shape index (κ3) is 3.85. The third-order valence-corrected chi connectivity index (χ3v) is 4.19. The molecule has 0 radical (unpaired) electrons. The van der Waals surface area contributed by atoms with Crippen molar-refractivity contribution >= 4 is 5.69 Å². The number of rotatable bonds is 6. The van der Waals surface area contributed by atoms with Crippen LogP contribution in [0.25, 0.3) is 0 Å². The summed E-state index contributed by atoms with van der Waals surface area (Å²) in [6.45, 7) is 6.50. The van der Waals surface area contributed by atoms with Gasteiger partial charge in [-0.1, -0.05) is 31.1 Å². The van der Waals surface area contributed by atoms with E-state index in [9.17, 15) is 0 Å². The topological polar surface area (TPSA) is 24.5 Å². The molecule has 0 aliphatic heterocycles. The second kappa shape index (κ2) is 7.39. The molecular formula is C19H28N2O. The van der Waals surface area contributed by atoms with Crippen molar-refractivity contribution in [3.8, 4) is 5.75 Å². The van der Waals surface area contributed by atoms with E-state index < -0.39 is 0 Å². The quantitative estimate of drug-likeness (QED) is 0.761. The van der Waals surface area contributed by atoms with Crippen molar-refractivity contribution in [3.05, 3.63) is 46.7 Å². The Hall–Kier alpha value is -1.90. The van der Waals surface area contributed by atoms with E-state index in [4.69, 9.17) is 4.74 Å². The van der Waals surface area contributed by atoms with E-state index >= 15 is 0 Å². The fourth-order valence-corrected chi connectivity index (χ4v) is 2.81. The van der Waals surface area contributed by atoms with Crippen LogP contribution >= 0.6 is 0 Å². The molecule has 0 amide bonds. The van der Waals surface area contributed by atoms with Gasteiger partial charge in [0.05, 0.1) is 12.8 Å². The Morgan fingerprint density at radius 3 is 2.55 bits per heavy atom. The van der Waals surface area contributed by atoms with Crippen LogP contribution in [0.3, 0.4) is 0 Å². The van der Waals surface area contributed by atoms with Gasteiger partial charge in [-0.2, -0.15) is 0 Å². The molecule has 120 valence electrons. The minimum atomic E-state index is 0.934. The van der Waals surface area contributed by atoms with Gasteiger partial charge in [-0.3, -0.25) is 10.4 Å². The number of methoxy groups -OCH3 is 1. The molecule has 0 fully saturated rings. The first-order valence-corrected chi connectivity index (χ1v) is 8.09. The summed E-state index contributed by atoms with van der Waals surface area (Å²) < 4.78 is 5.48. The second-order valence-electron chi connectivity index (χ2n) is 6.07. The van der Waals surface area contributed by atoms with Gasteiger partial charge in [0.1, 0.15) is 5.75 Å². The zero-order valence-corrected chi connectivity index (χ0v) is 14.5. The Bertz CT molecular complexity index is 587. The Morgan fingerprint density at radius 1 is 1.18 bits per heavy atom. The fraction of sp³-hybridized carbons (Fsp3) is 0.474. The average molecular weight is 300 g/mol. The van der Waals surface area contributed by atoms with Gasteiger partial charge in [0.2, 0.25) is 0 Å². The van der Waals surface area contributed by atoms with Gasteiger partial charge >= 0.3 is 0 Å². The maximum atomic E-state index is 5.48. The summed E-state index contributed by atoms with van der Waals surface area (Å²) in [6, 6.07) is 4.35. The van der Waals surface area contributed by atoms with Crippen molar-refractivity contribution in [2.24, 2.45) is 0 Å². The van der Waals surface area contributed by atoms with Crippen LogP contribution in [0.4, 0.5) is 5.69 Å². The molecule has 0 atom stereocenters. The van der Waals surface area contributed by atoms with Crippen LogP contribution in [0.5, 0.6) is 5.75 Å². The highest BCUT2D eigenvalue weighted by atomic mass is 16.5. The van der Waals surface area contributed by atoms with Crippen molar-refractivity contribution in [2.45, 2.75) is 46.5 Å². The molecule has 3 heteroatoms. The predicted molar refractivity (Wildman–Crippen MR) is 94.2 cm³/mol. The summed E-state index contributed by atoms with van der Waals surface area (Å²) in [6.07, 6.45) is 8.83. The molecule has 0 spiro atoms. The van der Waals surface area contributed by atoms with Crippen LogP contribution in [0.2, 0.25) is 0 Å². The van der Waals surface area contributed by atoms with Gasteiger partial charge in [0.25, 0.3) is 0 Å². The highest BCUT2D eigenvalue weighted by Crippen LogP contribution is 2.29. The van der Waals surface area contributed by atoms with Crippen molar-refractivity contribution in [1.82, 2.24) is 5.01 Å². The van der Waals surface area contributed by atoms with Crippen LogP contribution in [-0.2, 0) is 6.42 Å². The second-order valence-corrected chi connectivity index (χ2v) is 6.07. The first-order chi connectivity index (χ1) is 10.5. The molecule has 0 saturated carbocycles. The molecule has 1 aliphatic rings. The highest BCUT2D eigenvalue weighted by molar-refractivity contribution is 5.58. The zero-order chi connectivity index (χ0) is 16.1. The van der Waals surface area contributed by atoms with Crippen LogP contribution < -0.4 is 10.2 Å². The molecule has 1 aromatic carbocycles. The number of nitrogens with zero attached hydrogens (tertiary/aromatic N) is 1. The lowest BCUT2D eigenvalue weighted by Gasteiger charge is -2.28. The van der Waals surface area contributed by atoms with E-state index in [0.717, 1.165) is 37.1 Å². The lowest BCUT2D eigenvalue weighted by Crippen LogP contribution is -2.26. The van der Waals surface area contributed by atoms with Crippen LogP contribution in [0, 0.1) is 6.92 Å². The van der Waals surface area contributed by atoms with Crippen LogP contribution in [0.1, 0.15) is 44.2 Å². The SMILES string of the molecule is CCCc1cc(C)c(OC)cc1NN(C)C1=CC=C(C)CC1. The summed E-state index contributed by atoms with van der Waals surface area (Å²) in [5.74, 6) is 0.934. The van der Waals surface area contributed by atoms with Gasteiger partial charge in [-0.25, -0.2) is 0 Å². The maximum Gasteiger partial charge on any atom is 0.123 e. The Balaban J connectivity index is 2.23. The largest absolute Gasteiger partial charge is 0.496 e. The van der Waals surface area contributed by atoms with Crippen molar-refractivity contribution < 1.29 is 4.74 Å². The molecule has 1 N–H and O–H groups in total. The van der Waals surface area contributed by atoms with Crippen LogP contribution in [-0.4, -0.2) is 19.2 Å². The summed E-state index contributed by atoms with van der Waals surface area (Å²) in [5.41, 5.74) is 9.97. The average Bonchev–Trinajstić information content (AvgIpc) is 2.50. The fourth-order valence-electron chi connectivity index (χ4n) is 2.81. The molecule has 1 aromatic rings. The normalized spacial score (nSPS) is 14.2. The summed E-state index contributed by atoms with van der Waals surface area (Å²) in [4.78, 5) is 0. The predicted octanol–water partition coefficient (Wildman–Crippen LogP) is 4.84. The number of allylic oxidation sites excluding steroid dienone is 4. The number of benzene rings is 1. The van der Waals surface area contributed by atoms with Gasteiger partial charge < -0.3 is 4.74 Å². The number of hydrazine groups is 1. The Labute approximate surface area is 134 Å². The number of aryl methyl sites for hydroxylation is 2. The molecule has 1 aliphatic carbocycles. The van der Waals surface area contributed by atoms with E-state index in [1.807, 2.05) is 0 Å². The van der Waals surface area contributed by atoms with Gasteiger partial charge in [0, 0.05) is 18.8 Å². The summed E-state index contributed by atoms with van der Waals surface area (Å²) in [5, 5.41) is 2.13. The van der Waals surface area contributed by atoms with E-state index in [0.29, 0.717) is 0 Å². The first kappa shape index (κ1) is 16.5. The smallest absolute Gasteiger partial charge is 0.123 e. The lowest BCUT2D eigenvalue weighted by molar-refractivity contribution is 0.411. The number of hydrogen-bond acceptors (Lipinski definition) is 3. The van der Waals surface area contributed by atoms with Crippen LogP contribution in [0.15, 0.2) is 35.6 Å². The molecule has 0 aromatic heterocycles. The minimum absolute atomic E-state index is 0.934. The Kier molecular flexibility index (Phi) is 5.53. The number of hydrogen-bond donors (Lipinski definition) is 1. The molecule has 0 saturated heterocycles. The Morgan fingerprint density at radius 2 is 1.95 bits per heavy atom. The maximum absolute atomic E-state index is 5.48. The van der Waals surface area contributed by atoms with Crippen molar-refractivity contribution in [2.75, 3.05) is 19.6 Å². The monoisotopic (exact) mass is 300 g/mol. The molecule has 3 nitrogen and oxygen atoms in total. The van der Waals surface area contributed by atoms with E-state index in [1.54, 1.807) is 7.11 Å². The van der Waals surface area contributed by atoms with E-state index in [-0.39, 0.29) is 0 Å². The third-order valence-electron chi connectivity index (χ3n) is 4.19. The van der Waals surface area contributed by atoms with Gasteiger partial charge in [-0.15, -0.1) is 0 Å². The number of anilines is 1. The van der Waals surface area contributed by atoms with E-state index in [2.05, 4.69) is 62.5 Å². The molecule has 22 heavy (non-hydrogen) atoms. The molecule has 0 heterocycles. The van der Waals surface area contributed by atoms with E-state index in [1.165, 1.54) is 22.4 Å². The van der Waals surface area contributed by atoms with Crippen molar-refractivity contribution in [1.29, 1.82) is 0 Å². The van der Waals surface area contributed by atoms with Gasteiger partial charge in [0.15, 0.2) is 0 Å². The highest BCUT2D eigenvalue weighted by Gasteiger charge is 2.12. The number of nitrogens with one attached hydrogen (secondary N) is 1. The summed E-state index contributed by atoms with van der Waals surface area (Å²) >= 11 is 0. The minimum Gasteiger partial charge on any atom is -0.496 e. The summed E-state index contributed by atoms with van der Waals surface area (Å²) in [7, 11) is 3.81. The lowest BCUT2D eigenvalue weighted by atomic mass is 10.0. The molecule has 2 rings (SSSR count). The number of ether oxygens (including phenoxy) is 1. The first-order valence-electron chi connectivity index (χ1n) is 8.09.